The van der Waals surface area contributed by atoms with Crippen LogP contribution in [0.3, 0.4) is 0 Å². The Balaban J connectivity index is 2.22. The molecular formula is C22H31N3O2. The standard InChI is InChI=1S/C22H31N3O2/c1-6-7-9-26-19-11-15(2)21(16(3)12-19)24-25-22-17(4)13-20(14-18(22)5)27-10-8-23/h11-14H,6-10,23H2,1-5H3. The van der Waals surface area contributed by atoms with Crippen LogP contribution in [0.1, 0.15) is 42.0 Å². The van der Waals surface area contributed by atoms with Crippen molar-refractivity contribution in [3.63, 3.8) is 0 Å². The second kappa shape index (κ2) is 10.1. The van der Waals surface area contributed by atoms with E-state index >= 15 is 0 Å². The number of hydrogen-bond acceptors (Lipinski definition) is 5. The van der Waals surface area contributed by atoms with Gasteiger partial charge in [-0.3, -0.25) is 0 Å². The molecule has 0 aliphatic carbocycles. The Morgan fingerprint density at radius 1 is 0.741 bits per heavy atom. The van der Waals surface area contributed by atoms with Gasteiger partial charge in [-0.05, 0) is 80.6 Å². The van der Waals surface area contributed by atoms with E-state index in [1.54, 1.807) is 0 Å². The van der Waals surface area contributed by atoms with Gasteiger partial charge >= 0.3 is 0 Å². The summed E-state index contributed by atoms with van der Waals surface area (Å²) in [6, 6.07) is 8.00. The molecule has 0 saturated carbocycles. The normalized spacial score (nSPS) is 11.2. The summed E-state index contributed by atoms with van der Waals surface area (Å²) in [6.07, 6.45) is 2.18. The molecule has 0 aliphatic rings. The van der Waals surface area contributed by atoms with Crippen LogP contribution in [0.15, 0.2) is 34.5 Å². The molecule has 0 fully saturated rings. The van der Waals surface area contributed by atoms with Crippen molar-refractivity contribution in [1.82, 2.24) is 0 Å². The maximum atomic E-state index is 5.81. The Morgan fingerprint density at radius 2 is 1.15 bits per heavy atom. The Hall–Kier alpha value is -2.40. The van der Waals surface area contributed by atoms with E-state index in [2.05, 4.69) is 17.2 Å². The molecule has 5 nitrogen and oxygen atoms in total. The van der Waals surface area contributed by atoms with Gasteiger partial charge in [0.2, 0.25) is 0 Å². The molecule has 2 aromatic rings. The predicted octanol–water partition coefficient (Wildman–Crippen LogP) is 5.85. The molecule has 2 rings (SSSR count). The topological polar surface area (TPSA) is 69.2 Å². The lowest BCUT2D eigenvalue weighted by atomic mass is 10.1. The van der Waals surface area contributed by atoms with E-state index in [0.717, 1.165) is 64.6 Å². The van der Waals surface area contributed by atoms with Crippen LogP contribution in [-0.4, -0.2) is 19.8 Å². The number of azo groups is 1. The largest absolute Gasteiger partial charge is 0.494 e. The molecule has 0 atom stereocenters. The van der Waals surface area contributed by atoms with Gasteiger partial charge in [0.25, 0.3) is 0 Å². The molecule has 5 heteroatoms. The first kappa shape index (κ1) is 20.9. The summed E-state index contributed by atoms with van der Waals surface area (Å²) in [6.45, 7) is 12.0. The van der Waals surface area contributed by atoms with Gasteiger partial charge in [-0.1, -0.05) is 13.3 Å². The Labute approximate surface area is 162 Å². The van der Waals surface area contributed by atoms with E-state index in [1.165, 1.54) is 0 Å². The van der Waals surface area contributed by atoms with E-state index in [0.29, 0.717) is 13.2 Å². The minimum absolute atomic E-state index is 0.496. The van der Waals surface area contributed by atoms with Crippen molar-refractivity contribution < 1.29 is 9.47 Å². The number of ether oxygens (including phenoxy) is 2. The molecule has 0 spiro atoms. The first-order chi connectivity index (χ1) is 13.0. The van der Waals surface area contributed by atoms with E-state index in [4.69, 9.17) is 15.2 Å². The van der Waals surface area contributed by atoms with Gasteiger partial charge in [-0.2, -0.15) is 0 Å². The van der Waals surface area contributed by atoms with Crippen LogP contribution in [-0.2, 0) is 0 Å². The molecule has 0 aromatic heterocycles. The summed E-state index contributed by atoms with van der Waals surface area (Å²) >= 11 is 0. The van der Waals surface area contributed by atoms with E-state index in [1.807, 2.05) is 52.0 Å². The summed E-state index contributed by atoms with van der Waals surface area (Å²) in [5.41, 5.74) is 11.4. The zero-order valence-corrected chi connectivity index (χ0v) is 17.1. The highest BCUT2D eigenvalue weighted by molar-refractivity contribution is 5.58. The van der Waals surface area contributed by atoms with Crippen molar-refractivity contribution in [3.05, 3.63) is 46.5 Å². The van der Waals surface area contributed by atoms with Crippen LogP contribution in [0, 0.1) is 27.7 Å². The lowest BCUT2D eigenvalue weighted by Crippen LogP contribution is -2.10. The molecule has 2 N–H and O–H groups in total. The molecule has 0 radical (unpaired) electrons. The highest BCUT2D eigenvalue weighted by atomic mass is 16.5. The van der Waals surface area contributed by atoms with Gasteiger partial charge in [-0.15, -0.1) is 10.2 Å². The summed E-state index contributed by atoms with van der Waals surface area (Å²) in [4.78, 5) is 0. The summed E-state index contributed by atoms with van der Waals surface area (Å²) < 4.78 is 11.4. The van der Waals surface area contributed by atoms with Crippen LogP contribution < -0.4 is 15.2 Å². The highest BCUT2D eigenvalue weighted by Crippen LogP contribution is 2.33. The zero-order valence-electron chi connectivity index (χ0n) is 17.1. The monoisotopic (exact) mass is 369 g/mol. The van der Waals surface area contributed by atoms with Crippen LogP contribution in [0.25, 0.3) is 0 Å². The molecule has 0 bridgehead atoms. The van der Waals surface area contributed by atoms with Gasteiger partial charge in [0.1, 0.15) is 18.1 Å². The van der Waals surface area contributed by atoms with Crippen LogP contribution in [0.2, 0.25) is 0 Å². The van der Waals surface area contributed by atoms with E-state index in [9.17, 15) is 0 Å². The Morgan fingerprint density at radius 3 is 1.52 bits per heavy atom. The average molecular weight is 370 g/mol. The predicted molar refractivity (Wildman–Crippen MR) is 111 cm³/mol. The SMILES string of the molecule is CCCCOc1cc(C)c(N=Nc2c(C)cc(OCCN)cc2C)c(C)c1. The zero-order chi connectivity index (χ0) is 19.8. The molecule has 27 heavy (non-hydrogen) atoms. The van der Waals surface area contributed by atoms with Crippen LogP contribution in [0.4, 0.5) is 11.4 Å². The van der Waals surface area contributed by atoms with Crippen molar-refractivity contribution in [2.24, 2.45) is 16.0 Å². The van der Waals surface area contributed by atoms with Gasteiger partial charge in [0, 0.05) is 6.54 Å². The number of nitrogens with two attached hydrogens (primary N) is 1. The average Bonchev–Trinajstić information content (AvgIpc) is 2.61. The minimum Gasteiger partial charge on any atom is -0.494 e. The third-order valence-corrected chi connectivity index (χ3v) is 4.33. The number of aryl methyl sites for hydroxylation is 4. The lowest BCUT2D eigenvalue weighted by molar-refractivity contribution is 0.309. The molecule has 0 unspecified atom stereocenters. The molecule has 0 saturated heterocycles. The fourth-order valence-electron chi connectivity index (χ4n) is 2.93. The van der Waals surface area contributed by atoms with Crippen molar-refractivity contribution in [1.29, 1.82) is 0 Å². The number of rotatable bonds is 9. The van der Waals surface area contributed by atoms with Crippen LogP contribution in [0.5, 0.6) is 11.5 Å². The van der Waals surface area contributed by atoms with Crippen LogP contribution >= 0.6 is 0 Å². The van der Waals surface area contributed by atoms with Crippen molar-refractivity contribution in [2.75, 3.05) is 19.8 Å². The third kappa shape index (κ3) is 5.79. The molecule has 2 aromatic carbocycles. The van der Waals surface area contributed by atoms with E-state index < -0.39 is 0 Å². The van der Waals surface area contributed by atoms with Gasteiger partial charge in [-0.25, -0.2) is 0 Å². The molecular weight excluding hydrogens is 338 g/mol. The maximum Gasteiger partial charge on any atom is 0.120 e. The third-order valence-electron chi connectivity index (χ3n) is 4.33. The Kier molecular flexibility index (Phi) is 7.80. The van der Waals surface area contributed by atoms with E-state index in [-0.39, 0.29) is 0 Å². The second-order valence-electron chi connectivity index (χ2n) is 6.85. The van der Waals surface area contributed by atoms with Crippen molar-refractivity contribution in [2.45, 2.75) is 47.5 Å². The number of benzene rings is 2. The second-order valence-corrected chi connectivity index (χ2v) is 6.85. The quantitative estimate of drug-likeness (QED) is 0.445. The van der Waals surface area contributed by atoms with Crippen molar-refractivity contribution in [3.8, 4) is 11.5 Å². The fourth-order valence-corrected chi connectivity index (χ4v) is 2.93. The molecule has 0 amide bonds. The molecule has 0 aliphatic heterocycles. The van der Waals surface area contributed by atoms with Gasteiger partial charge < -0.3 is 15.2 Å². The highest BCUT2D eigenvalue weighted by Gasteiger charge is 2.08. The van der Waals surface area contributed by atoms with Crippen molar-refractivity contribution >= 4 is 11.4 Å². The molecule has 146 valence electrons. The first-order valence-electron chi connectivity index (χ1n) is 9.56. The Bertz CT molecular complexity index is 754. The first-order valence-corrected chi connectivity index (χ1v) is 9.56. The minimum atomic E-state index is 0.496. The smallest absolute Gasteiger partial charge is 0.120 e. The lowest BCUT2D eigenvalue weighted by Gasteiger charge is -2.11. The summed E-state index contributed by atoms with van der Waals surface area (Å²) in [5.74, 6) is 1.71. The van der Waals surface area contributed by atoms with Gasteiger partial charge in [0.15, 0.2) is 0 Å². The fraction of sp³-hybridized carbons (Fsp3) is 0.455. The summed E-state index contributed by atoms with van der Waals surface area (Å²) in [5, 5.41) is 9.06. The van der Waals surface area contributed by atoms with Gasteiger partial charge in [0.05, 0.1) is 18.0 Å². The number of unbranched alkanes of at least 4 members (excludes halogenated alkanes) is 1. The molecule has 0 heterocycles. The number of hydrogen-bond donors (Lipinski definition) is 1. The maximum absolute atomic E-state index is 5.81. The number of nitrogens with zero attached hydrogens (tertiary/aromatic N) is 2. The summed E-state index contributed by atoms with van der Waals surface area (Å²) in [7, 11) is 0.